The van der Waals surface area contributed by atoms with Crippen molar-refractivity contribution in [3.63, 3.8) is 0 Å². The number of aliphatic carboxylic acids is 1. The van der Waals surface area contributed by atoms with Crippen LogP contribution in [0.5, 0.6) is 0 Å². The molecular formula is C14H26N2O3. The quantitative estimate of drug-likeness (QED) is 0.682. The summed E-state index contributed by atoms with van der Waals surface area (Å²) in [4.78, 5) is 23.4. The fraction of sp³-hybridized carbons (Fsp3) is 0.857. The lowest BCUT2D eigenvalue weighted by Gasteiger charge is -2.43. The highest BCUT2D eigenvalue weighted by Crippen LogP contribution is 2.43. The van der Waals surface area contributed by atoms with Gasteiger partial charge in [0, 0.05) is 12.0 Å². The maximum absolute atomic E-state index is 12.1. The molecule has 110 valence electrons. The van der Waals surface area contributed by atoms with E-state index in [0.29, 0.717) is 13.0 Å². The van der Waals surface area contributed by atoms with Crippen molar-refractivity contribution < 1.29 is 14.7 Å². The zero-order chi connectivity index (χ0) is 14.9. The standard InChI is InChI=1S/C14H26N2O3/c1-12(2,11(18)19)13(3,4)16-10(17)8-14(9-15)6-5-7-14/h5-9,15H2,1-4H3,(H,16,17)(H,18,19). The molecule has 0 unspecified atom stereocenters. The molecule has 1 aliphatic rings. The lowest BCUT2D eigenvalue weighted by molar-refractivity contribution is -0.152. The summed E-state index contributed by atoms with van der Waals surface area (Å²) in [5.41, 5.74) is 3.84. The third kappa shape index (κ3) is 3.08. The van der Waals surface area contributed by atoms with Gasteiger partial charge in [0.25, 0.3) is 0 Å². The molecule has 0 atom stereocenters. The van der Waals surface area contributed by atoms with E-state index in [-0.39, 0.29) is 11.3 Å². The van der Waals surface area contributed by atoms with Crippen molar-refractivity contribution >= 4 is 11.9 Å². The van der Waals surface area contributed by atoms with E-state index in [2.05, 4.69) is 5.32 Å². The highest BCUT2D eigenvalue weighted by atomic mass is 16.4. The molecule has 1 amide bonds. The monoisotopic (exact) mass is 270 g/mol. The summed E-state index contributed by atoms with van der Waals surface area (Å²) in [6, 6.07) is 0. The van der Waals surface area contributed by atoms with Gasteiger partial charge in [-0.15, -0.1) is 0 Å². The lowest BCUT2D eigenvalue weighted by atomic mass is 9.66. The molecule has 0 radical (unpaired) electrons. The molecule has 1 saturated carbocycles. The van der Waals surface area contributed by atoms with Gasteiger partial charge in [-0.3, -0.25) is 9.59 Å². The number of rotatable bonds is 6. The number of nitrogens with two attached hydrogens (primary N) is 1. The predicted molar refractivity (Wildman–Crippen MR) is 73.6 cm³/mol. The number of carbonyl (C=O) groups excluding carboxylic acids is 1. The highest BCUT2D eigenvalue weighted by Gasteiger charge is 2.45. The van der Waals surface area contributed by atoms with Crippen LogP contribution in [0.25, 0.3) is 0 Å². The van der Waals surface area contributed by atoms with E-state index < -0.39 is 16.9 Å². The maximum Gasteiger partial charge on any atom is 0.311 e. The smallest absolute Gasteiger partial charge is 0.311 e. The van der Waals surface area contributed by atoms with Crippen LogP contribution >= 0.6 is 0 Å². The molecule has 1 fully saturated rings. The Morgan fingerprint density at radius 2 is 1.79 bits per heavy atom. The van der Waals surface area contributed by atoms with Gasteiger partial charge in [-0.25, -0.2) is 0 Å². The summed E-state index contributed by atoms with van der Waals surface area (Å²) in [6.45, 7) is 7.25. The first-order valence-electron chi connectivity index (χ1n) is 6.81. The number of nitrogens with one attached hydrogen (secondary N) is 1. The minimum atomic E-state index is -1.03. The number of hydrogen-bond donors (Lipinski definition) is 3. The van der Waals surface area contributed by atoms with Crippen LogP contribution in [0.4, 0.5) is 0 Å². The van der Waals surface area contributed by atoms with Crippen LogP contribution in [-0.4, -0.2) is 29.1 Å². The van der Waals surface area contributed by atoms with Gasteiger partial charge in [-0.05, 0) is 52.5 Å². The zero-order valence-electron chi connectivity index (χ0n) is 12.4. The molecule has 0 bridgehead atoms. The fourth-order valence-corrected chi connectivity index (χ4v) is 2.29. The van der Waals surface area contributed by atoms with Crippen LogP contribution in [0, 0.1) is 10.8 Å². The Hall–Kier alpha value is -1.10. The fourth-order valence-electron chi connectivity index (χ4n) is 2.29. The van der Waals surface area contributed by atoms with Crippen molar-refractivity contribution in [2.45, 2.75) is 58.9 Å². The van der Waals surface area contributed by atoms with E-state index in [9.17, 15) is 14.7 Å². The van der Waals surface area contributed by atoms with E-state index in [0.717, 1.165) is 19.3 Å². The molecular weight excluding hydrogens is 244 g/mol. The van der Waals surface area contributed by atoms with E-state index in [1.165, 1.54) is 0 Å². The van der Waals surface area contributed by atoms with Gasteiger partial charge in [0.15, 0.2) is 0 Å². The number of carboxylic acids is 1. The molecule has 0 spiro atoms. The molecule has 0 saturated heterocycles. The molecule has 19 heavy (non-hydrogen) atoms. The normalized spacial score (nSPS) is 18.6. The van der Waals surface area contributed by atoms with Crippen molar-refractivity contribution in [1.82, 2.24) is 5.32 Å². The van der Waals surface area contributed by atoms with Gasteiger partial charge in [-0.1, -0.05) is 6.42 Å². The van der Waals surface area contributed by atoms with Gasteiger partial charge in [0.05, 0.1) is 5.41 Å². The Morgan fingerprint density at radius 3 is 2.11 bits per heavy atom. The van der Waals surface area contributed by atoms with Crippen LogP contribution in [0.2, 0.25) is 0 Å². The van der Waals surface area contributed by atoms with Gasteiger partial charge in [0.1, 0.15) is 0 Å². The summed E-state index contributed by atoms with van der Waals surface area (Å²) in [6.07, 6.45) is 3.48. The van der Waals surface area contributed by atoms with Gasteiger partial charge in [0.2, 0.25) is 5.91 Å². The van der Waals surface area contributed by atoms with Crippen molar-refractivity contribution in [3.05, 3.63) is 0 Å². The van der Waals surface area contributed by atoms with Gasteiger partial charge in [-0.2, -0.15) is 0 Å². The minimum absolute atomic E-state index is 0.0620. The largest absolute Gasteiger partial charge is 0.481 e. The van der Waals surface area contributed by atoms with Crippen LogP contribution in [-0.2, 0) is 9.59 Å². The highest BCUT2D eigenvalue weighted by molar-refractivity contribution is 5.81. The van der Waals surface area contributed by atoms with E-state index in [1.54, 1.807) is 27.7 Å². The van der Waals surface area contributed by atoms with E-state index in [1.807, 2.05) is 0 Å². The first-order chi connectivity index (χ1) is 8.56. The average molecular weight is 270 g/mol. The molecule has 5 nitrogen and oxygen atoms in total. The zero-order valence-corrected chi connectivity index (χ0v) is 12.4. The Bertz CT molecular complexity index is 365. The predicted octanol–water partition coefficient (Wildman–Crippen LogP) is 1.51. The van der Waals surface area contributed by atoms with Crippen molar-refractivity contribution in [1.29, 1.82) is 0 Å². The second-order valence-corrected chi connectivity index (χ2v) is 6.84. The topological polar surface area (TPSA) is 92.4 Å². The summed E-state index contributed by atoms with van der Waals surface area (Å²) in [5, 5.41) is 12.1. The third-order valence-electron chi connectivity index (χ3n) is 4.93. The summed E-state index contributed by atoms with van der Waals surface area (Å²) in [5.74, 6) is -1.03. The average Bonchev–Trinajstić information content (AvgIpc) is 2.22. The molecule has 0 aromatic heterocycles. The first-order valence-corrected chi connectivity index (χ1v) is 6.81. The molecule has 0 aromatic carbocycles. The van der Waals surface area contributed by atoms with Crippen LogP contribution < -0.4 is 11.1 Å². The molecule has 5 heteroatoms. The van der Waals surface area contributed by atoms with Crippen molar-refractivity contribution in [2.75, 3.05) is 6.54 Å². The van der Waals surface area contributed by atoms with E-state index in [4.69, 9.17) is 5.73 Å². The third-order valence-corrected chi connectivity index (χ3v) is 4.93. The van der Waals surface area contributed by atoms with Crippen LogP contribution in [0.15, 0.2) is 0 Å². The first kappa shape index (κ1) is 16.0. The SMILES string of the molecule is CC(C)(NC(=O)CC1(CN)CCC1)C(C)(C)C(=O)O. The van der Waals surface area contributed by atoms with Crippen LogP contribution in [0.3, 0.4) is 0 Å². The Labute approximate surface area is 114 Å². The van der Waals surface area contributed by atoms with Gasteiger partial charge >= 0.3 is 5.97 Å². The second kappa shape index (κ2) is 5.12. The molecule has 0 heterocycles. The summed E-state index contributed by atoms with van der Waals surface area (Å²) in [7, 11) is 0. The Kier molecular flexibility index (Phi) is 4.30. The van der Waals surface area contributed by atoms with E-state index >= 15 is 0 Å². The van der Waals surface area contributed by atoms with Crippen LogP contribution in [0.1, 0.15) is 53.4 Å². The number of hydrogen-bond acceptors (Lipinski definition) is 3. The number of carboxylic acid groups (broad SMARTS) is 1. The number of carbonyl (C=O) groups is 2. The molecule has 0 aliphatic heterocycles. The molecule has 4 N–H and O–H groups in total. The molecule has 0 aromatic rings. The second-order valence-electron chi connectivity index (χ2n) is 6.84. The molecule has 1 rings (SSSR count). The molecule has 1 aliphatic carbocycles. The Morgan fingerprint density at radius 1 is 1.26 bits per heavy atom. The lowest BCUT2D eigenvalue weighted by Crippen LogP contribution is -2.58. The van der Waals surface area contributed by atoms with Crippen molar-refractivity contribution in [2.24, 2.45) is 16.6 Å². The Balaban J connectivity index is 2.68. The number of amides is 1. The van der Waals surface area contributed by atoms with Gasteiger partial charge < -0.3 is 16.2 Å². The van der Waals surface area contributed by atoms with Crippen molar-refractivity contribution in [3.8, 4) is 0 Å². The summed E-state index contributed by atoms with van der Waals surface area (Å²) < 4.78 is 0. The summed E-state index contributed by atoms with van der Waals surface area (Å²) >= 11 is 0. The maximum atomic E-state index is 12.1. The minimum Gasteiger partial charge on any atom is -0.481 e.